The van der Waals surface area contributed by atoms with Crippen LogP contribution >= 0.6 is 0 Å². The molecule has 0 aromatic carbocycles. The van der Waals surface area contributed by atoms with E-state index in [1.54, 1.807) is 4.90 Å². The standard InChI is InChI=1S/C21H30N6O7S/c1-21(4-5-21)34-20(30)25-6-2-15(3-7-25)13-33-18-11-23-17(10-24-18)27-9-8-26(12-19(27)29)35(31,32)14-16(22)28/h10-11,15H,2-9,12-14H2,1H3,(H2,22,28). The number of anilines is 1. The average Bonchev–Trinajstić information content (AvgIpc) is 3.54. The molecule has 3 heterocycles. The lowest BCUT2D eigenvalue weighted by atomic mass is 9.98. The van der Waals surface area contributed by atoms with Crippen molar-refractivity contribution in [3.8, 4) is 5.88 Å². The molecule has 35 heavy (non-hydrogen) atoms. The third kappa shape index (κ3) is 6.36. The van der Waals surface area contributed by atoms with Crippen molar-refractivity contribution in [2.45, 2.75) is 38.2 Å². The topological polar surface area (TPSA) is 165 Å². The van der Waals surface area contributed by atoms with E-state index < -0.39 is 34.1 Å². The molecule has 1 aliphatic carbocycles. The largest absolute Gasteiger partial charge is 0.476 e. The highest BCUT2D eigenvalue weighted by atomic mass is 32.2. The molecule has 1 saturated carbocycles. The van der Waals surface area contributed by atoms with Crippen LogP contribution in [0.4, 0.5) is 10.6 Å². The molecule has 14 heteroatoms. The number of piperazine rings is 1. The Kier molecular flexibility index (Phi) is 7.12. The molecule has 3 aliphatic rings. The molecule has 2 N–H and O–H groups in total. The van der Waals surface area contributed by atoms with Crippen molar-refractivity contribution in [2.24, 2.45) is 11.7 Å². The minimum atomic E-state index is -3.93. The summed E-state index contributed by atoms with van der Waals surface area (Å²) in [6.45, 7) is 3.32. The summed E-state index contributed by atoms with van der Waals surface area (Å²) in [6.07, 6.45) is 6.02. The molecule has 0 bridgehead atoms. The molecule has 4 rings (SSSR count). The zero-order valence-electron chi connectivity index (χ0n) is 19.6. The summed E-state index contributed by atoms with van der Waals surface area (Å²) in [4.78, 5) is 47.2. The Morgan fingerprint density at radius 3 is 2.43 bits per heavy atom. The number of primary amides is 1. The van der Waals surface area contributed by atoms with E-state index in [2.05, 4.69) is 9.97 Å². The predicted octanol–water partition coefficient (Wildman–Crippen LogP) is -0.280. The van der Waals surface area contributed by atoms with Crippen LogP contribution in [-0.4, -0.2) is 96.2 Å². The highest BCUT2D eigenvalue weighted by Crippen LogP contribution is 2.39. The SMILES string of the molecule is CC1(OC(=O)N2CCC(COc3cnc(N4CCN(S(=O)(=O)CC(N)=O)CC4=O)cn3)CC2)CC1. The molecule has 0 radical (unpaired) electrons. The lowest BCUT2D eigenvalue weighted by Gasteiger charge is -2.32. The lowest BCUT2D eigenvalue weighted by Crippen LogP contribution is -2.53. The Bertz CT molecular complexity index is 1070. The number of amides is 3. The van der Waals surface area contributed by atoms with E-state index in [9.17, 15) is 22.8 Å². The van der Waals surface area contributed by atoms with Crippen molar-refractivity contribution in [1.82, 2.24) is 19.2 Å². The van der Waals surface area contributed by atoms with Crippen LogP contribution in [0.2, 0.25) is 0 Å². The molecule has 0 atom stereocenters. The molecule has 0 spiro atoms. The monoisotopic (exact) mass is 510 g/mol. The van der Waals surface area contributed by atoms with E-state index >= 15 is 0 Å². The van der Waals surface area contributed by atoms with Gasteiger partial charge in [-0.05, 0) is 38.5 Å². The second-order valence-electron chi connectivity index (χ2n) is 9.37. The normalized spacial score (nSPS) is 21.0. The fraction of sp³-hybridized carbons (Fsp3) is 0.667. The van der Waals surface area contributed by atoms with Crippen LogP contribution < -0.4 is 15.4 Å². The highest BCUT2D eigenvalue weighted by molar-refractivity contribution is 7.89. The number of rotatable bonds is 8. The van der Waals surface area contributed by atoms with Crippen molar-refractivity contribution < 1.29 is 32.3 Å². The summed E-state index contributed by atoms with van der Waals surface area (Å²) in [7, 11) is -3.93. The minimum absolute atomic E-state index is 0.0206. The average molecular weight is 511 g/mol. The number of hydrogen-bond acceptors (Lipinski definition) is 9. The van der Waals surface area contributed by atoms with Gasteiger partial charge in [-0.25, -0.2) is 23.2 Å². The van der Waals surface area contributed by atoms with Gasteiger partial charge >= 0.3 is 6.09 Å². The van der Waals surface area contributed by atoms with Gasteiger partial charge in [0.15, 0.2) is 5.82 Å². The number of piperidine rings is 1. The van der Waals surface area contributed by atoms with E-state index in [4.69, 9.17) is 15.2 Å². The molecule has 2 saturated heterocycles. The van der Waals surface area contributed by atoms with Gasteiger partial charge in [-0.1, -0.05) is 0 Å². The number of carbonyl (C=O) groups is 3. The maximum absolute atomic E-state index is 12.5. The van der Waals surface area contributed by atoms with E-state index in [1.165, 1.54) is 17.3 Å². The number of aromatic nitrogens is 2. The third-order valence-corrected chi connectivity index (χ3v) is 8.17. The van der Waals surface area contributed by atoms with Gasteiger partial charge in [-0.2, -0.15) is 4.31 Å². The van der Waals surface area contributed by atoms with Gasteiger partial charge < -0.3 is 20.1 Å². The summed E-state index contributed by atoms with van der Waals surface area (Å²) in [6, 6.07) is 0. The number of hydrogen-bond donors (Lipinski definition) is 1. The molecule has 3 fully saturated rings. The Hall–Kier alpha value is -3.00. The molecular weight excluding hydrogens is 480 g/mol. The number of nitrogens with zero attached hydrogens (tertiary/aromatic N) is 5. The first kappa shape index (κ1) is 25.1. The third-order valence-electron chi connectivity index (χ3n) is 6.42. The van der Waals surface area contributed by atoms with E-state index in [0.29, 0.717) is 25.6 Å². The smallest absolute Gasteiger partial charge is 0.410 e. The molecular formula is C21H30N6O7S. The van der Waals surface area contributed by atoms with Crippen molar-refractivity contribution in [1.29, 1.82) is 0 Å². The first-order valence-electron chi connectivity index (χ1n) is 11.5. The van der Waals surface area contributed by atoms with Crippen LogP contribution in [0.15, 0.2) is 12.4 Å². The number of sulfonamides is 1. The molecule has 0 unspecified atom stereocenters. The molecule has 2 aliphatic heterocycles. The summed E-state index contributed by atoms with van der Waals surface area (Å²) >= 11 is 0. The van der Waals surface area contributed by atoms with Gasteiger partial charge in [-0.15, -0.1) is 0 Å². The quantitative estimate of drug-likeness (QED) is 0.495. The van der Waals surface area contributed by atoms with Gasteiger partial charge in [0.05, 0.1) is 25.5 Å². The van der Waals surface area contributed by atoms with Crippen LogP contribution in [0, 0.1) is 5.92 Å². The second-order valence-corrected chi connectivity index (χ2v) is 11.3. The van der Waals surface area contributed by atoms with Crippen molar-refractivity contribution >= 4 is 33.7 Å². The first-order valence-corrected chi connectivity index (χ1v) is 13.1. The summed E-state index contributed by atoms with van der Waals surface area (Å²) < 4.78 is 36.5. The molecule has 1 aromatic heterocycles. The summed E-state index contributed by atoms with van der Waals surface area (Å²) in [5.74, 6) is -1.42. The fourth-order valence-corrected chi connectivity index (χ4v) is 5.17. The highest BCUT2D eigenvalue weighted by Gasteiger charge is 2.43. The van der Waals surface area contributed by atoms with Gasteiger partial charge in [0, 0.05) is 26.2 Å². The molecule has 1 aromatic rings. The fourth-order valence-electron chi connectivity index (χ4n) is 3.96. The van der Waals surface area contributed by atoms with Crippen molar-refractivity contribution in [3.63, 3.8) is 0 Å². The Labute approximate surface area is 203 Å². The second kappa shape index (κ2) is 9.93. The zero-order valence-corrected chi connectivity index (χ0v) is 20.4. The van der Waals surface area contributed by atoms with Gasteiger partial charge in [0.1, 0.15) is 11.4 Å². The lowest BCUT2D eigenvalue weighted by molar-refractivity contribution is -0.120. The Morgan fingerprint density at radius 1 is 1.14 bits per heavy atom. The van der Waals surface area contributed by atoms with Gasteiger partial charge in [-0.3, -0.25) is 14.5 Å². The molecule has 192 valence electrons. The zero-order chi connectivity index (χ0) is 25.2. The van der Waals surface area contributed by atoms with E-state index in [1.807, 2.05) is 6.92 Å². The first-order chi connectivity index (χ1) is 16.5. The Morgan fingerprint density at radius 2 is 1.86 bits per heavy atom. The maximum atomic E-state index is 12.5. The van der Waals surface area contributed by atoms with Crippen LogP contribution in [0.1, 0.15) is 32.6 Å². The summed E-state index contributed by atoms with van der Waals surface area (Å²) in [5, 5.41) is 0. The predicted molar refractivity (Wildman–Crippen MR) is 123 cm³/mol. The molecule has 3 amide bonds. The Balaban J connectivity index is 1.22. The number of carbonyl (C=O) groups excluding carboxylic acids is 3. The maximum Gasteiger partial charge on any atom is 0.410 e. The number of nitrogens with two attached hydrogens (primary N) is 1. The van der Waals surface area contributed by atoms with Gasteiger partial charge in [0.25, 0.3) is 0 Å². The van der Waals surface area contributed by atoms with Crippen molar-refractivity contribution in [3.05, 3.63) is 12.4 Å². The van der Waals surface area contributed by atoms with Crippen LogP contribution in [-0.2, 0) is 24.3 Å². The minimum Gasteiger partial charge on any atom is -0.476 e. The van der Waals surface area contributed by atoms with E-state index in [-0.39, 0.29) is 36.5 Å². The molecule has 13 nitrogen and oxygen atoms in total. The van der Waals surface area contributed by atoms with Crippen LogP contribution in [0.3, 0.4) is 0 Å². The van der Waals surface area contributed by atoms with Gasteiger partial charge in [0.2, 0.25) is 27.7 Å². The summed E-state index contributed by atoms with van der Waals surface area (Å²) in [5.41, 5.74) is 4.70. The van der Waals surface area contributed by atoms with E-state index in [0.717, 1.165) is 30.0 Å². The van der Waals surface area contributed by atoms with Crippen molar-refractivity contribution in [2.75, 3.05) is 50.0 Å². The van der Waals surface area contributed by atoms with Crippen LogP contribution in [0.5, 0.6) is 5.88 Å². The van der Waals surface area contributed by atoms with Crippen LogP contribution in [0.25, 0.3) is 0 Å². The number of likely N-dealkylation sites (tertiary alicyclic amines) is 1. The number of ether oxygens (including phenoxy) is 2.